The monoisotopic (exact) mass is 446 g/mol. The Morgan fingerprint density at radius 3 is 2.35 bits per heavy atom. The van der Waals surface area contributed by atoms with E-state index in [9.17, 15) is 21.6 Å². The van der Waals surface area contributed by atoms with Gasteiger partial charge >= 0.3 is 0 Å². The zero-order chi connectivity index (χ0) is 19.1. The van der Waals surface area contributed by atoms with Gasteiger partial charge < -0.3 is 4.52 Å². The van der Waals surface area contributed by atoms with Gasteiger partial charge in [0.25, 0.3) is 0 Å². The van der Waals surface area contributed by atoms with Crippen molar-refractivity contribution in [3.05, 3.63) is 58.3 Å². The summed E-state index contributed by atoms with van der Waals surface area (Å²) in [7, 11) is -4.46. The van der Waals surface area contributed by atoms with E-state index in [0.717, 1.165) is 4.47 Å². The van der Waals surface area contributed by atoms with E-state index in [0.29, 0.717) is 17.7 Å². The number of primary sulfonamides is 1. The van der Waals surface area contributed by atoms with Gasteiger partial charge in [-0.15, -0.1) is 0 Å². The molecule has 3 aromatic rings. The summed E-state index contributed by atoms with van der Waals surface area (Å²) in [5.74, 6) is -2.69. The standard InChI is InChI=1S/C16H10BrF3N2O3S/c17-9-3-1-8(2-4-9)16-15(13(7-18)25-22-16)10-5-12(20)14(6-11(10)19)26(21,23)24/h1-6H,7H2,(H2,21,23,24). The predicted octanol–water partition coefficient (Wildman–Crippen LogP) is 4.17. The third kappa shape index (κ3) is 3.39. The summed E-state index contributed by atoms with van der Waals surface area (Å²) in [4.78, 5) is -0.998. The lowest BCUT2D eigenvalue weighted by Gasteiger charge is -2.08. The highest BCUT2D eigenvalue weighted by atomic mass is 79.9. The zero-order valence-corrected chi connectivity index (χ0v) is 15.2. The highest BCUT2D eigenvalue weighted by Gasteiger charge is 2.25. The Bertz CT molecular complexity index is 1080. The molecular weight excluding hydrogens is 437 g/mol. The molecule has 0 spiro atoms. The molecule has 0 aliphatic rings. The van der Waals surface area contributed by atoms with Crippen molar-refractivity contribution in [2.24, 2.45) is 5.14 Å². The van der Waals surface area contributed by atoms with Crippen LogP contribution in [0.25, 0.3) is 22.4 Å². The summed E-state index contributed by atoms with van der Waals surface area (Å²) in [5, 5.41) is 8.60. The number of hydrogen-bond acceptors (Lipinski definition) is 4. The van der Waals surface area contributed by atoms with Crippen LogP contribution in [0, 0.1) is 11.6 Å². The fourth-order valence-corrected chi connectivity index (χ4v) is 3.30. The van der Waals surface area contributed by atoms with E-state index in [1.807, 2.05) is 0 Å². The van der Waals surface area contributed by atoms with Crippen LogP contribution in [-0.2, 0) is 16.7 Å². The lowest BCUT2D eigenvalue weighted by molar-refractivity contribution is 0.332. The lowest BCUT2D eigenvalue weighted by atomic mass is 9.99. The molecule has 26 heavy (non-hydrogen) atoms. The molecule has 136 valence electrons. The van der Waals surface area contributed by atoms with Crippen LogP contribution in [0.4, 0.5) is 13.2 Å². The molecule has 2 N–H and O–H groups in total. The molecule has 0 fully saturated rings. The highest BCUT2D eigenvalue weighted by molar-refractivity contribution is 9.10. The molecule has 1 heterocycles. The number of aromatic nitrogens is 1. The van der Waals surface area contributed by atoms with Crippen molar-refractivity contribution >= 4 is 26.0 Å². The van der Waals surface area contributed by atoms with Crippen molar-refractivity contribution in [1.82, 2.24) is 5.16 Å². The van der Waals surface area contributed by atoms with Crippen LogP contribution >= 0.6 is 15.9 Å². The normalized spacial score (nSPS) is 11.7. The molecule has 0 amide bonds. The second-order valence-electron chi connectivity index (χ2n) is 5.28. The Labute approximate surface area is 154 Å². The predicted molar refractivity (Wildman–Crippen MR) is 91.2 cm³/mol. The summed E-state index contributed by atoms with van der Waals surface area (Å²) in [6.45, 7) is -1.11. The fourth-order valence-electron chi connectivity index (χ4n) is 2.44. The smallest absolute Gasteiger partial charge is 0.241 e. The van der Waals surface area contributed by atoms with E-state index in [-0.39, 0.29) is 22.6 Å². The number of sulfonamides is 1. The van der Waals surface area contributed by atoms with Gasteiger partial charge in [0.2, 0.25) is 10.0 Å². The Morgan fingerprint density at radius 2 is 1.77 bits per heavy atom. The SMILES string of the molecule is NS(=O)(=O)c1cc(F)c(-c2c(-c3ccc(Br)cc3)noc2CF)cc1F. The van der Waals surface area contributed by atoms with E-state index in [1.165, 1.54) is 0 Å². The molecule has 0 unspecified atom stereocenters. The number of nitrogens with two attached hydrogens (primary N) is 1. The van der Waals surface area contributed by atoms with Crippen molar-refractivity contribution in [2.75, 3.05) is 0 Å². The number of halogens is 4. The maximum atomic E-state index is 14.5. The van der Waals surface area contributed by atoms with Crippen molar-refractivity contribution in [1.29, 1.82) is 0 Å². The lowest BCUT2D eigenvalue weighted by Crippen LogP contribution is -2.14. The Hall–Kier alpha value is -2.17. The third-order valence-corrected chi connectivity index (χ3v) is 5.05. The minimum atomic E-state index is -4.46. The number of rotatable bonds is 4. The van der Waals surface area contributed by atoms with E-state index in [2.05, 4.69) is 21.1 Å². The first-order chi connectivity index (χ1) is 12.2. The van der Waals surface area contributed by atoms with Crippen LogP contribution in [0.5, 0.6) is 0 Å². The van der Waals surface area contributed by atoms with Gasteiger partial charge in [-0.2, -0.15) is 0 Å². The van der Waals surface area contributed by atoms with E-state index < -0.39 is 33.2 Å². The molecule has 1 aromatic heterocycles. The van der Waals surface area contributed by atoms with Crippen molar-refractivity contribution < 1.29 is 26.1 Å². The van der Waals surface area contributed by atoms with Crippen molar-refractivity contribution in [3.8, 4) is 22.4 Å². The molecule has 0 aliphatic carbocycles. The molecule has 3 rings (SSSR count). The molecule has 0 saturated carbocycles. The van der Waals surface area contributed by atoms with Gasteiger partial charge in [-0.25, -0.2) is 26.7 Å². The number of nitrogens with zero attached hydrogens (tertiary/aromatic N) is 1. The second kappa shape index (κ2) is 6.86. The van der Waals surface area contributed by atoms with Crippen molar-refractivity contribution in [3.63, 3.8) is 0 Å². The van der Waals surface area contributed by atoms with Crippen LogP contribution in [0.1, 0.15) is 5.76 Å². The zero-order valence-electron chi connectivity index (χ0n) is 12.8. The van der Waals surface area contributed by atoms with Gasteiger partial charge in [0.15, 0.2) is 12.4 Å². The molecule has 0 bridgehead atoms. The largest absolute Gasteiger partial charge is 0.357 e. The number of benzene rings is 2. The summed E-state index contributed by atoms with van der Waals surface area (Å²) < 4.78 is 70.3. The summed E-state index contributed by atoms with van der Waals surface area (Å²) in [6.07, 6.45) is 0. The van der Waals surface area contributed by atoms with Gasteiger partial charge in [-0.1, -0.05) is 33.2 Å². The number of alkyl halides is 1. The summed E-state index contributed by atoms with van der Waals surface area (Å²) in [5.41, 5.74) is 0.0719. The quantitative estimate of drug-likeness (QED) is 0.651. The minimum absolute atomic E-state index is 0.0896. The second-order valence-corrected chi connectivity index (χ2v) is 7.72. The average Bonchev–Trinajstić information content (AvgIpc) is 3.00. The molecule has 0 saturated heterocycles. The van der Waals surface area contributed by atoms with Crippen LogP contribution in [0.3, 0.4) is 0 Å². The molecule has 0 atom stereocenters. The van der Waals surface area contributed by atoms with Gasteiger partial charge in [0.1, 0.15) is 22.2 Å². The first-order valence-corrected chi connectivity index (χ1v) is 9.39. The van der Waals surface area contributed by atoms with Crippen molar-refractivity contribution in [2.45, 2.75) is 11.6 Å². The molecule has 10 heteroatoms. The Kier molecular flexibility index (Phi) is 4.91. The summed E-state index contributed by atoms with van der Waals surface area (Å²) in [6, 6.07) is 7.69. The third-order valence-electron chi connectivity index (χ3n) is 3.60. The van der Waals surface area contributed by atoms with Gasteiger partial charge in [-0.3, -0.25) is 0 Å². The Balaban J connectivity index is 2.26. The van der Waals surface area contributed by atoms with Crippen LogP contribution in [-0.4, -0.2) is 13.6 Å². The maximum Gasteiger partial charge on any atom is 0.241 e. The molecule has 0 aliphatic heterocycles. The number of hydrogen-bond donors (Lipinski definition) is 1. The van der Waals surface area contributed by atoms with Gasteiger partial charge in [0.05, 0.1) is 5.56 Å². The Morgan fingerprint density at radius 1 is 1.12 bits per heavy atom. The van der Waals surface area contributed by atoms with Crippen LogP contribution < -0.4 is 5.14 Å². The van der Waals surface area contributed by atoms with Crippen LogP contribution in [0.2, 0.25) is 0 Å². The molecular formula is C16H10BrF3N2O3S. The minimum Gasteiger partial charge on any atom is -0.357 e. The van der Waals surface area contributed by atoms with E-state index in [1.54, 1.807) is 24.3 Å². The van der Waals surface area contributed by atoms with E-state index >= 15 is 0 Å². The average molecular weight is 447 g/mol. The fraction of sp³-hybridized carbons (Fsp3) is 0.0625. The van der Waals surface area contributed by atoms with Crippen LogP contribution in [0.15, 0.2) is 50.3 Å². The molecule has 2 aromatic carbocycles. The highest BCUT2D eigenvalue weighted by Crippen LogP contribution is 2.38. The first kappa shape index (κ1) is 18.6. The topological polar surface area (TPSA) is 86.2 Å². The summed E-state index contributed by atoms with van der Waals surface area (Å²) >= 11 is 3.27. The first-order valence-electron chi connectivity index (χ1n) is 7.05. The maximum absolute atomic E-state index is 14.5. The van der Waals surface area contributed by atoms with Gasteiger partial charge in [0, 0.05) is 15.6 Å². The molecule has 0 radical (unpaired) electrons. The van der Waals surface area contributed by atoms with E-state index in [4.69, 9.17) is 9.66 Å². The van der Waals surface area contributed by atoms with Gasteiger partial charge in [-0.05, 0) is 24.3 Å². The molecule has 5 nitrogen and oxygen atoms in total.